The lowest BCUT2D eigenvalue weighted by atomic mass is 10.0. The van der Waals surface area contributed by atoms with E-state index < -0.39 is 18.8 Å². The summed E-state index contributed by atoms with van der Waals surface area (Å²) >= 11 is 0. The quantitative estimate of drug-likeness (QED) is 0.428. The molecule has 1 saturated heterocycles. The zero-order valence-electron chi connectivity index (χ0n) is 19.9. The van der Waals surface area contributed by atoms with Gasteiger partial charge in [0.1, 0.15) is 17.0 Å². The number of rotatable bonds is 5. The van der Waals surface area contributed by atoms with Crippen LogP contribution in [0.3, 0.4) is 0 Å². The molecule has 0 bridgehead atoms. The first-order valence-electron chi connectivity index (χ1n) is 12.1. The molecule has 36 heavy (non-hydrogen) atoms. The van der Waals surface area contributed by atoms with Gasteiger partial charge in [-0.2, -0.15) is 4.98 Å². The molecule has 0 radical (unpaired) electrons. The van der Waals surface area contributed by atoms with Crippen molar-refractivity contribution in [3.8, 4) is 11.1 Å². The molecule has 4 aromatic rings. The van der Waals surface area contributed by atoms with Crippen molar-refractivity contribution in [3.63, 3.8) is 0 Å². The van der Waals surface area contributed by atoms with Gasteiger partial charge in [-0.15, -0.1) is 0 Å². The Bertz CT molecular complexity index is 1470. The highest BCUT2D eigenvalue weighted by Crippen LogP contribution is 2.39. The van der Waals surface area contributed by atoms with Gasteiger partial charge in [0.25, 0.3) is 6.43 Å². The van der Waals surface area contributed by atoms with E-state index in [9.17, 15) is 18.0 Å². The van der Waals surface area contributed by atoms with Crippen molar-refractivity contribution in [2.75, 3.05) is 18.4 Å². The first kappa shape index (κ1) is 22.8. The Balaban J connectivity index is 1.25. The smallest absolute Gasteiger partial charge is 0.256 e. The van der Waals surface area contributed by atoms with Gasteiger partial charge in [0.2, 0.25) is 11.9 Å². The second-order valence-electron chi connectivity index (χ2n) is 9.90. The summed E-state index contributed by atoms with van der Waals surface area (Å²) in [5.41, 5.74) is 2.21. The monoisotopic (exact) mass is 497 g/mol. The minimum absolute atomic E-state index is 0.0761. The Morgan fingerprint density at radius 2 is 1.97 bits per heavy atom. The van der Waals surface area contributed by atoms with Gasteiger partial charge in [-0.3, -0.25) is 4.79 Å². The number of carbonyl (C=O) groups excluding carboxylic acids is 1. The number of halogens is 3. The molecule has 6 rings (SSSR count). The molecule has 8 nitrogen and oxygen atoms in total. The van der Waals surface area contributed by atoms with Crippen LogP contribution in [0.4, 0.5) is 19.1 Å². The van der Waals surface area contributed by atoms with Crippen molar-refractivity contribution in [1.29, 1.82) is 0 Å². The molecule has 4 heterocycles. The number of alkyl halides is 2. The number of H-pyrrole nitrogens is 1. The number of hydrogen-bond donors (Lipinski definition) is 2. The SMILES string of the molecule is CC(=O)N1C[C@H]2CC(Nc3ncc4c(-c5cc(F)c6nc(C)n(CC(F)F)c6c5)c[nH]c4n3)C[C@H]2C1. The molecular weight excluding hydrogens is 471 g/mol. The predicted octanol–water partition coefficient (Wildman–Crippen LogP) is 4.36. The first-order valence-corrected chi connectivity index (χ1v) is 12.1. The van der Waals surface area contributed by atoms with Gasteiger partial charge in [0, 0.05) is 49.4 Å². The van der Waals surface area contributed by atoms with E-state index in [4.69, 9.17) is 0 Å². The maximum atomic E-state index is 14.9. The molecule has 2 N–H and O–H groups in total. The Hall–Kier alpha value is -3.63. The molecule has 1 aliphatic heterocycles. The van der Waals surface area contributed by atoms with Crippen LogP contribution in [0.5, 0.6) is 0 Å². The van der Waals surface area contributed by atoms with Gasteiger partial charge >= 0.3 is 0 Å². The van der Waals surface area contributed by atoms with Crippen LogP contribution in [0.2, 0.25) is 0 Å². The topological polar surface area (TPSA) is 91.7 Å². The summed E-state index contributed by atoms with van der Waals surface area (Å²) in [5.74, 6) is 1.42. The molecule has 3 aromatic heterocycles. The van der Waals surface area contributed by atoms with Crippen molar-refractivity contribution in [1.82, 2.24) is 29.4 Å². The Morgan fingerprint density at radius 1 is 1.22 bits per heavy atom. The van der Waals surface area contributed by atoms with E-state index in [1.807, 2.05) is 4.90 Å². The van der Waals surface area contributed by atoms with E-state index in [0.29, 0.717) is 51.3 Å². The fourth-order valence-electron chi connectivity index (χ4n) is 5.89. The lowest BCUT2D eigenvalue weighted by Crippen LogP contribution is -2.29. The van der Waals surface area contributed by atoms with Gasteiger partial charge in [0.15, 0.2) is 5.82 Å². The largest absolute Gasteiger partial charge is 0.351 e. The number of fused-ring (bicyclic) bond motifs is 3. The summed E-state index contributed by atoms with van der Waals surface area (Å²) in [6.45, 7) is 4.29. The number of likely N-dealkylation sites (tertiary alicyclic amines) is 1. The minimum atomic E-state index is -2.58. The average Bonchev–Trinajstić information content (AvgIpc) is 3.56. The predicted molar refractivity (Wildman–Crippen MR) is 129 cm³/mol. The van der Waals surface area contributed by atoms with Crippen molar-refractivity contribution >= 4 is 33.9 Å². The lowest BCUT2D eigenvalue weighted by molar-refractivity contribution is -0.128. The number of aromatic nitrogens is 5. The summed E-state index contributed by atoms with van der Waals surface area (Å²) in [7, 11) is 0. The van der Waals surface area contributed by atoms with Crippen LogP contribution < -0.4 is 5.32 Å². The van der Waals surface area contributed by atoms with Crippen molar-refractivity contribution in [3.05, 3.63) is 36.2 Å². The second kappa shape index (κ2) is 8.49. The van der Waals surface area contributed by atoms with E-state index in [1.165, 1.54) is 10.6 Å². The molecule has 0 spiro atoms. The highest BCUT2D eigenvalue weighted by molar-refractivity contribution is 5.96. The second-order valence-corrected chi connectivity index (χ2v) is 9.90. The van der Waals surface area contributed by atoms with Gasteiger partial charge < -0.3 is 19.8 Å². The highest BCUT2D eigenvalue weighted by Gasteiger charge is 2.41. The number of imidazole rings is 1. The summed E-state index contributed by atoms with van der Waals surface area (Å²) < 4.78 is 42.4. The number of anilines is 1. The number of nitrogens with one attached hydrogen (secondary N) is 2. The van der Waals surface area contributed by atoms with Crippen molar-refractivity contribution in [2.45, 2.75) is 45.7 Å². The number of amides is 1. The normalized spacial score (nSPS) is 21.7. The number of hydrogen-bond acceptors (Lipinski definition) is 5. The van der Waals surface area contributed by atoms with Crippen LogP contribution in [0.1, 0.15) is 25.6 Å². The third-order valence-corrected chi connectivity index (χ3v) is 7.59. The van der Waals surface area contributed by atoms with Gasteiger partial charge in [-0.25, -0.2) is 23.1 Å². The average molecular weight is 498 g/mol. The van der Waals surface area contributed by atoms with E-state index in [2.05, 4.69) is 25.3 Å². The minimum Gasteiger partial charge on any atom is -0.351 e. The highest BCUT2D eigenvalue weighted by atomic mass is 19.3. The molecule has 1 aliphatic carbocycles. The molecule has 1 aromatic carbocycles. The number of benzene rings is 1. The van der Waals surface area contributed by atoms with Crippen molar-refractivity contribution < 1.29 is 18.0 Å². The van der Waals surface area contributed by atoms with Crippen LogP contribution in [-0.2, 0) is 11.3 Å². The summed E-state index contributed by atoms with van der Waals surface area (Å²) in [4.78, 5) is 30.0. The number of aryl methyl sites for hydroxylation is 1. The number of aromatic amines is 1. The summed E-state index contributed by atoms with van der Waals surface area (Å²) in [6.07, 6.45) is 2.77. The van der Waals surface area contributed by atoms with Gasteiger partial charge in [-0.1, -0.05) is 0 Å². The first-order chi connectivity index (χ1) is 17.3. The van der Waals surface area contributed by atoms with Gasteiger partial charge in [-0.05, 0) is 49.3 Å². The van der Waals surface area contributed by atoms with Crippen LogP contribution in [-0.4, -0.2) is 60.9 Å². The van der Waals surface area contributed by atoms with Crippen LogP contribution in [0, 0.1) is 24.6 Å². The lowest BCUT2D eigenvalue weighted by Gasteiger charge is -2.18. The molecule has 1 amide bonds. The van der Waals surface area contributed by atoms with E-state index in [1.54, 1.807) is 32.3 Å². The van der Waals surface area contributed by atoms with Crippen LogP contribution in [0.15, 0.2) is 24.5 Å². The molecular formula is C25H26F3N7O. The number of carbonyl (C=O) groups is 1. The van der Waals surface area contributed by atoms with E-state index >= 15 is 0 Å². The standard InChI is InChI=1S/C25H26F3N7O/c1-12-31-23-20(26)5-14(6-21(23)35(12)11-22(27)28)18-7-29-24-19(18)8-30-25(33-24)32-17-3-15-9-34(13(2)36)10-16(15)4-17/h5-8,15-17,22H,3-4,9-11H2,1-2H3,(H2,29,30,32,33)/t15-,16+,17?. The van der Waals surface area contributed by atoms with Gasteiger partial charge in [0.05, 0.1) is 12.1 Å². The zero-order chi connectivity index (χ0) is 25.1. The fraction of sp³-hybridized carbons (Fsp3) is 0.440. The Kier molecular flexibility index (Phi) is 5.38. The molecule has 2 fully saturated rings. The van der Waals surface area contributed by atoms with Crippen LogP contribution in [0.25, 0.3) is 33.2 Å². The fourth-order valence-corrected chi connectivity index (χ4v) is 5.89. The van der Waals surface area contributed by atoms with Crippen LogP contribution >= 0.6 is 0 Å². The zero-order valence-corrected chi connectivity index (χ0v) is 19.9. The van der Waals surface area contributed by atoms with E-state index in [-0.39, 0.29) is 17.5 Å². The Morgan fingerprint density at radius 3 is 2.67 bits per heavy atom. The maximum Gasteiger partial charge on any atom is 0.256 e. The van der Waals surface area contributed by atoms with Crippen molar-refractivity contribution in [2.24, 2.45) is 11.8 Å². The molecule has 188 valence electrons. The summed E-state index contributed by atoms with van der Waals surface area (Å²) in [5, 5.41) is 4.13. The van der Waals surface area contributed by atoms with E-state index in [0.717, 1.165) is 25.9 Å². The molecule has 1 saturated carbocycles. The third kappa shape index (κ3) is 3.86. The molecule has 1 unspecified atom stereocenters. The maximum absolute atomic E-state index is 14.9. The number of nitrogens with zero attached hydrogens (tertiary/aromatic N) is 5. The molecule has 11 heteroatoms. The third-order valence-electron chi connectivity index (χ3n) is 7.59. The molecule has 2 aliphatic rings. The Labute approximate surface area is 204 Å². The summed E-state index contributed by atoms with van der Waals surface area (Å²) in [6, 6.07) is 3.28. The molecule has 3 atom stereocenters.